The fourth-order valence-corrected chi connectivity index (χ4v) is 4.03. The second-order valence-electron chi connectivity index (χ2n) is 5.70. The number of ether oxygens (including phenoxy) is 2. The highest BCUT2D eigenvalue weighted by atomic mass is 32.2. The molecule has 32 heavy (non-hydrogen) atoms. The summed E-state index contributed by atoms with van der Waals surface area (Å²) in [5, 5.41) is 11.2. The summed E-state index contributed by atoms with van der Waals surface area (Å²) < 4.78 is 73.8. The number of nitrogens with one attached hydrogen (secondary N) is 2. The SMILES string of the molecule is COc1cc(OC)nc(NC(=O)NS(=O)(=O)c2cc(SCC(F)(F)F)ccc2C(=O)O)n1. The molecule has 0 aliphatic carbocycles. The summed E-state index contributed by atoms with van der Waals surface area (Å²) in [5.41, 5.74) is -0.749. The first-order valence-electron chi connectivity index (χ1n) is 8.22. The first-order chi connectivity index (χ1) is 14.8. The zero-order valence-corrected chi connectivity index (χ0v) is 17.9. The third kappa shape index (κ3) is 6.88. The van der Waals surface area contributed by atoms with Gasteiger partial charge in [0.2, 0.25) is 17.7 Å². The van der Waals surface area contributed by atoms with Gasteiger partial charge >= 0.3 is 18.2 Å². The van der Waals surface area contributed by atoms with E-state index in [4.69, 9.17) is 9.47 Å². The Morgan fingerprint density at radius 1 is 1.12 bits per heavy atom. The lowest BCUT2D eigenvalue weighted by Gasteiger charge is -2.12. The van der Waals surface area contributed by atoms with Gasteiger partial charge in [0.05, 0.1) is 31.6 Å². The van der Waals surface area contributed by atoms with Gasteiger partial charge in [-0.2, -0.15) is 23.1 Å². The van der Waals surface area contributed by atoms with Crippen molar-refractivity contribution in [1.82, 2.24) is 14.7 Å². The van der Waals surface area contributed by atoms with Gasteiger partial charge in [0.15, 0.2) is 0 Å². The average molecular weight is 496 g/mol. The Morgan fingerprint density at radius 2 is 1.72 bits per heavy atom. The molecule has 0 unspecified atom stereocenters. The van der Waals surface area contributed by atoms with Crippen LogP contribution in [-0.2, 0) is 10.0 Å². The Labute approximate surface area is 183 Å². The normalized spacial score (nSPS) is 11.5. The second-order valence-corrected chi connectivity index (χ2v) is 8.40. The van der Waals surface area contributed by atoms with Crippen LogP contribution in [0.1, 0.15) is 10.4 Å². The summed E-state index contributed by atoms with van der Waals surface area (Å²) in [6.45, 7) is 0. The fraction of sp³-hybridized carbons (Fsp3) is 0.250. The van der Waals surface area contributed by atoms with E-state index in [1.807, 2.05) is 5.32 Å². The molecule has 0 radical (unpaired) electrons. The monoisotopic (exact) mass is 496 g/mol. The number of amides is 2. The summed E-state index contributed by atoms with van der Waals surface area (Å²) in [6.07, 6.45) is -4.54. The lowest BCUT2D eigenvalue weighted by molar-refractivity contribution is -0.105. The molecule has 174 valence electrons. The highest BCUT2D eigenvalue weighted by molar-refractivity contribution is 7.99. The van der Waals surface area contributed by atoms with E-state index in [9.17, 15) is 36.3 Å². The number of anilines is 1. The number of benzene rings is 1. The number of aromatic carboxylic acids is 1. The molecule has 0 bridgehead atoms. The zero-order chi connectivity index (χ0) is 24.1. The molecule has 0 spiro atoms. The number of hydrogen-bond acceptors (Lipinski definition) is 9. The van der Waals surface area contributed by atoms with Crippen molar-refractivity contribution in [2.45, 2.75) is 16.0 Å². The number of carbonyl (C=O) groups is 2. The van der Waals surface area contributed by atoms with Crippen LogP contribution in [0.5, 0.6) is 11.8 Å². The Balaban J connectivity index is 2.30. The van der Waals surface area contributed by atoms with Crippen LogP contribution in [0.3, 0.4) is 0 Å². The molecular formula is C16H15F3N4O7S2. The van der Waals surface area contributed by atoms with E-state index in [1.54, 1.807) is 4.72 Å². The third-order valence-electron chi connectivity index (χ3n) is 3.43. The van der Waals surface area contributed by atoms with Crippen LogP contribution in [0, 0.1) is 0 Å². The molecule has 1 heterocycles. The topological polar surface area (TPSA) is 157 Å². The number of rotatable bonds is 8. The number of carbonyl (C=O) groups excluding carboxylic acids is 1. The molecule has 1 aromatic carbocycles. The number of halogens is 3. The van der Waals surface area contributed by atoms with Crippen molar-refractivity contribution < 1.29 is 45.8 Å². The number of sulfonamides is 1. The molecular weight excluding hydrogens is 481 g/mol. The molecule has 2 aromatic rings. The zero-order valence-electron chi connectivity index (χ0n) is 16.3. The number of nitrogens with zero attached hydrogens (tertiary/aromatic N) is 2. The maximum absolute atomic E-state index is 12.6. The number of thioether (sulfide) groups is 1. The van der Waals surface area contributed by atoms with Gasteiger partial charge in [-0.3, -0.25) is 5.32 Å². The van der Waals surface area contributed by atoms with Gasteiger partial charge in [-0.1, -0.05) is 0 Å². The molecule has 2 rings (SSSR count). The third-order valence-corrected chi connectivity index (χ3v) is 5.86. The molecule has 11 nitrogen and oxygen atoms in total. The number of hydrogen-bond donors (Lipinski definition) is 3. The minimum atomic E-state index is -4.82. The predicted molar refractivity (Wildman–Crippen MR) is 105 cm³/mol. The van der Waals surface area contributed by atoms with Crippen molar-refractivity contribution in [2.75, 3.05) is 25.3 Å². The van der Waals surface area contributed by atoms with Crippen LogP contribution in [0.2, 0.25) is 0 Å². The van der Waals surface area contributed by atoms with Gasteiger partial charge < -0.3 is 14.6 Å². The Morgan fingerprint density at radius 3 is 2.22 bits per heavy atom. The first kappa shape index (κ1) is 25.0. The minimum Gasteiger partial charge on any atom is -0.481 e. The molecule has 16 heteroatoms. The van der Waals surface area contributed by atoms with Crippen molar-refractivity contribution in [2.24, 2.45) is 0 Å². The summed E-state index contributed by atoms with van der Waals surface area (Å²) in [6, 6.07) is 2.48. The Bertz CT molecular complexity index is 1100. The standard InChI is InChI=1S/C16H15F3N4O7S2/c1-29-11-6-12(30-2)21-14(20-11)22-15(26)23-32(27,28)10-5-8(31-7-16(17,18)19)3-4-9(10)13(24)25/h3-6H,7H2,1-2H3,(H,24,25)(H2,20,21,22,23,26). The molecule has 0 atom stereocenters. The molecule has 2 amide bonds. The van der Waals surface area contributed by atoms with Crippen molar-refractivity contribution in [3.05, 3.63) is 29.8 Å². The molecule has 3 N–H and O–H groups in total. The molecule has 0 aliphatic heterocycles. The van der Waals surface area contributed by atoms with E-state index < -0.39 is 50.4 Å². The largest absolute Gasteiger partial charge is 0.481 e. The van der Waals surface area contributed by atoms with Crippen LogP contribution >= 0.6 is 11.8 Å². The number of carboxylic acids is 1. The van der Waals surface area contributed by atoms with Gasteiger partial charge in [0.25, 0.3) is 10.0 Å². The number of methoxy groups -OCH3 is 2. The highest BCUT2D eigenvalue weighted by Gasteiger charge is 2.29. The maximum atomic E-state index is 12.6. The smallest absolute Gasteiger partial charge is 0.398 e. The van der Waals surface area contributed by atoms with Crippen molar-refractivity contribution in [3.63, 3.8) is 0 Å². The van der Waals surface area contributed by atoms with Gasteiger partial charge in [0, 0.05) is 4.90 Å². The Kier molecular flexibility index (Phi) is 7.73. The van der Waals surface area contributed by atoms with Crippen molar-refractivity contribution in [3.8, 4) is 11.8 Å². The van der Waals surface area contributed by atoms with E-state index in [2.05, 4.69) is 9.97 Å². The van der Waals surface area contributed by atoms with E-state index in [-0.39, 0.29) is 28.4 Å². The number of aromatic nitrogens is 2. The second kappa shape index (κ2) is 9.90. The van der Waals surface area contributed by atoms with Crippen LogP contribution in [0.15, 0.2) is 34.1 Å². The number of urea groups is 1. The van der Waals surface area contributed by atoms with Crippen LogP contribution in [-0.4, -0.2) is 61.6 Å². The summed E-state index contributed by atoms with van der Waals surface area (Å²) in [7, 11) is -2.28. The lowest BCUT2D eigenvalue weighted by Crippen LogP contribution is -2.35. The van der Waals surface area contributed by atoms with Crippen LogP contribution in [0.25, 0.3) is 0 Å². The minimum absolute atomic E-state index is 0.0161. The summed E-state index contributed by atoms with van der Waals surface area (Å²) in [5.74, 6) is -3.43. The quantitative estimate of drug-likeness (QED) is 0.464. The van der Waals surface area contributed by atoms with Crippen molar-refractivity contribution in [1.29, 1.82) is 0 Å². The van der Waals surface area contributed by atoms with E-state index in [0.717, 1.165) is 18.2 Å². The van der Waals surface area contributed by atoms with Gasteiger partial charge in [-0.05, 0) is 18.2 Å². The average Bonchev–Trinajstić information content (AvgIpc) is 2.70. The van der Waals surface area contributed by atoms with E-state index in [1.165, 1.54) is 20.3 Å². The first-order valence-corrected chi connectivity index (χ1v) is 10.7. The summed E-state index contributed by atoms with van der Waals surface area (Å²) >= 11 is 0.249. The molecule has 0 saturated heterocycles. The van der Waals surface area contributed by atoms with Gasteiger partial charge in [0.1, 0.15) is 4.90 Å². The molecule has 0 saturated carbocycles. The van der Waals surface area contributed by atoms with E-state index >= 15 is 0 Å². The molecule has 0 fully saturated rings. The number of carboxylic acid groups (broad SMARTS) is 1. The lowest BCUT2D eigenvalue weighted by atomic mass is 10.2. The summed E-state index contributed by atoms with van der Waals surface area (Å²) in [4.78, 5) is 30.0. The van der Waals surface area contributed by atoms with E-state index in [0.29, 0.717) is 0 Å². The predicted octanol–water partition coefficient (Wildman–Crippen LogP) is 2.36. The Hall–Kier alpha value is -3.27. The molecule has 0 aliphatic rings. The number of alkyl halides is 3. The van der Waals surface area contributed by atoms with Crippen LogP contribution < -0.4 is 19.5 Å². The maximum Gasteiger partial charge on any atom is 0.398 e. The fourth-order valence-electron chi connectivity index (χ4n) is 2.13. The van der Waals surface area contributed by atoms with Crippen LogP contribution in [0.4, 0.5) is 23.9 Å². The highest BCUT2D eigenvalue weighted by Crippen LogP contribution is 2.30. The molecule has 1 aromatic heterocycles. The van der Waals surface area contributed by atoms with Gasteiger partial charge in [-0.15, -0.1) is 11.8 Å². The van der Waals surface area contributed by atoms with Crippen molar-refractivity contribution >= 4 is 39.7 Å². The van der Waals surface area contributed by atoms with Gasteiger partial charge in [-0.25, -0.2) is 22.7 Å².